The molecule has 0 spiro atoms. The molecule has 6 amide bonds. The molecule has 4 aromatic rings. The Morgan fingerprint density at radius 3 is 2.47 bits per heavy atom. The van der Waals surface area contributed by atoms with Gasteiger partial charge >= 0.3 is 0 Å². The zero-order chi connectivity index (χ0) is 41.6. The van der Waals surface area contributed by atoms with Crippen LogP contribution in [0.2, 0.25) is 5.02 Å². The first kappa shape index (κ1) is 41.2. The van der Waals surface area contributed by atoms with Crippen molar-refractivity contribution in [1.82, 2.24) is 30.1 Å². The van der Waals surface area contributed by atoms with E-state index in [9.17, 15) is 28.8 Å². The van der Waals surface area contributed by atoms with E-state index in [0.29, 0.717) is 77.2 Å². The number of aromatic nitrogens is 3. The predicted molar refractivity (Wildman–Crippen MR) is 224 cm³/mol. The first-order valence-corrected chi connectivity index (χ1v) is 20.9. The van der Waals surface area contributed by atoms with Gasteiger partial charge in [0.2, 0.25) is 17.7 Å². The van der Waals surface area contributed by atoms with Gasteiger partial charge in [0.15, 0.2) is 5.13 Å². The summed E-state index contributed by atoms with van der Waals surface area (Å²) in [5.41, 5.74) is 2.48. The SMILES string of the molecule is Cc1nc(Nc2ncc(C(=O)Nc3c(C)cccc3Cl)s2)cc(N2CCN(C(=O)CCCCCCCNc3cccc4c3C(=O)N(C3CCC(=O)NC3=O)C4=O)CC2)n1. The van der Waals surface area contributed by atoms with E-state index in [4.69, 9.17) is 11.6 Å². The van der Waals surface area contributed by atoms with Crippen LogP contribution in [0.4, 0.5) is 28.1 Å². The summed E-state index contributed by atoms with van der Waals surface area (Å²) in [4.78, 5) is 95.3. The van der Waals surface area contributed by atoms with Crippen molar-refractivity contribution in [2.75, 3.05) is 53.6 Å². The van der Waals surface area contributed by atoms with E-state index in [1.54, 1.807) is 24.3 Å². The molecule has 7 rings (SSSR count). The van der Waals surface area contributed by atoms with Gasteiger partial charge in [-0.05, 0) is 56.9 Å². The van der Waals surface area contributed by atoms with Crippen LogP contribution >= 0.6 is 22.9 Å². The molecular formula is C41H45ClN10O6S. The summed E-state index contributed by atoms with van der Waals surface area (Å²) >= 11 is 7.48. The second kappa shape index (κ2) is 18.3. The molecule has 2 fully saturated rings. The predicted octanol–water partition coefficient (Wildman–Crippen LogP) is 5.70. The molecule has 2 aromatic carbocycles. The lowest BCUT2D eigenvalue weighted by molar-refractivity contribution is -0.136. The number of hydrogen-bond donors (Lipinski definition) is 4. The van der Waals surface area contributed by atoms with Gasteiger partial charge in [0, 0.05) is 57.3 Å². The minimum Gasteiger partial charge on any atom is -0.384 e. The van der Waals surface area contributed by atoms with Gasteiger partial charge in [-0.3, -0.25) is 39.0 Å². The molecule has 0 bridgehead atoms. The summed E-state index contributed by atoms with van der Waals surface area (Å²) < 4.78 is 0. The fourth-order valence-electron chi connectivity index (χ4n) is 7.45. The molecule has 18 heteroatoms. The number of amides is 6. The molecule has 1 atom stereocenters. The van der Waals surface area contributed by atoms with Gasteiger partial charge in [-0.25, -0.2) is 15.0 Å². The average molecular weight is 841 g/mol. The van der Waals surface area contributed by atoms with E-state index in [0.717, 1.165) is 48.4 Å². The van der Waals surface area contributed by atoms with Gasteiger partial charge in [-0.1, -0.05) is 60.4 Å². The molecule has 16 nitrogen and oxygen atoms in total. The standard InChI is InChI=1S/C41H45ClN10O6S/c1-24-10-8-12-27(42)36(24)49-38(56)30-23-44-41(59-30)47-31-22-32(46-25(2)45-31)50-18-20-51(21-19-50)34(54)14-6-4-3-5-7-17-43-28-13-9-11-26-35(28)40(58)52(39(26)57)29-15-16-33(53)48-37(29)55/h8-13,22-23,29,43H,3-7,14-21H2,1-2H3,(H,49,56)(H,48,53,55)(H,44,45,46,47). The van der Waals surface area contributed by atoms with Gasteiger partial charge in [0.05, 0.1) is 28.0 Å². The van der Waals surface area contributed by atoms with E-state index < -0.39 is 29.7 Å². The third-order valence-corrected chi connectivity index (χ3v) is 11.8. The van der Waals surface area contributed by atoms with Crippen LogP contribution in [-0.2, 0) is 14.4 Å². The molecule has 2 saturated heterocycles. The maximum Gasteiger partial charge on any atom is 0.267 e. The lowest BCUT2D eigenvalue weighted by Gasteiger charge is -2.35. The Kier molecular flexibility index (Phi) is 12.8. The number of carbonyl (C=O) groups excluding carboxylic acids is 6. The Balaban J connectivity index is 0.803. The number of fused-ring (bicyclic) bond motifs is 1. The molecular weight excluding hydrogens is 796 g/mol. The number of benzene rings is 2. The van der Waals surface area contributed by atoms with Crippen molar-refractivity contribution >= 4 is 86.5 Å². The van der Waals surface area contributed by atoms with Crippen molar-refractivity contribution in [3.05, 3.63) is 81.1 Å². The number of unbranched alkanes of at least 4 members (excludes halogenated alkanes) is 4. The number of hydrogen-bond acceptors (Lipinski definition) is 13. The van der Waals surface area contributed by atoms with Gasteiger partial charge in [-0.2, -0.15) is 0 Å². The molecule has 0 aliphatic carbocycles. The Labute approximate surface area is 350 Å². The van der Waals surface area contributed by atoms with E-state index in [-0.39, 0.29) is 35.8 Å². The molecule has 0 saturated carbocycles. The third-order valence-electron chi connectivity index (χ3n) is 10.6. The average Bonchev–Trinajstić information content (AvgIpc) is 3.78. The molecule has 0 radical (unpaired) electrons. The first-order chi connectivity index (χ1) is 28.5. The summed E-state index contributed by atoms with van der Waals surface area (Å²) in [6.45, 7) is 6.74. The molecule has 3 aliphatic rings. The van der Waals surface area contributed by atoms with Crippen molar-refractivity contribution in [2.45, 2.75) is 71.3 Å². The number of halogens is 1. The van der Waals surface area contributed by atoms with Crippen LogP contribution in [0.3, 0.4) is 0 Å². The highest BCUT2D eigenvalue weighted by Crippen LogP contribution is 2.33. The number of piperidine rings is 1. The zero-order valence-corrected chi connectivity index (χ0v) is 34.4. The fourth-order valence-corrected chi connectivity index (χ4v) is 8.44. The van der Waals surface area contributed by atoms with E-state index in [2.05, 4.69) is 41.1 Å². The number of rotatable bonds is 15. The summed E-state index contributed by atoms with van der Waals surface area (Å²) in [7, 11) is 0. The lowest BCUT2D eigenvalue weighted by atomic mass is 10.0. The number of nitrogens with zero attached hydrogens (tertiary/aromatic N) is 6. The van der Waals surface area contributed by atoms with Crippen LogP contribution in [0.15, 0.2) is 48.7 Å². The summed E-state index contributed by atoms with van der Waals surface area (Å²) in [6, 6.07) is 11.3. The van der Waals surface area contributed by atoms with Crippen LogP contribution in [0.1, 0.15) is 93.1 Å². The number of anilines is 5. The maximum atomic E-state index is 13.3. The van der Waals surface area contributed by atoms with Crippen LogP contribution < -0.4 is 26.2 Å². The van der Waals surface area contributed by atoms with Crippen LogP contribution in [-0.4, -0.2) is 99.0 Å². The van der Waals surface area contributed by atoms with Gasteiger partial charge in [-0.15, -0.1) is 0 Å². The molecule has 4 N–H and O–H groups in total. The smallest absolute Gasteiger partial charge is 0.267 e. The summed E-state index contributed by atoms with van der Waals surface area (Å²) in [6.07, 6.45) is 6.62. The van der Waals surface area contributed by atoms with Crippen molar-refractivity contribution in [2.24, 2.45) is 0 Å². The molecule has 1 unspecified atom stereocenters. The first-order valence-electron chi connectivity index (χ1n) is 19.7. The topological polar surface area (TPSA) is 199 Å². The number of thiazole rings is 1. The highest BCUT2D eigenvalue weighted by atomic mass is 35.5. The van der Waals surface area contributed by atoms with E-state index in [1.807, 2.05) is 36.9 Å². The second-order valence-electron chi connectivity index (χ2n) is 14.7. The minimum absolute atomic E-state index is 0.0701. The summed E-state index contributed by atoms with van der Waals surface area (Å²) in [5, 5.41) is 12.6. The number of piperazine rings is 1. The minimum atomic E-state index is -1.00. The Bertz CT molecular complexity index is 2270. The van der Waals surface area contributed by atoms with Crippen LogP contribution in [0, 0.1) is 13.8 Å². The monoisotopic (exact) mass is 840 g/mol. The van der Waals surface area contributed by atoms with Crippen molar-refractivity contribution in [3.63, 3.8) is 0 Å². The lowest BCUT2D eigenvalue weighted by Crippen LogP contribution is -2.54. The van der Waals surface area contributed by atoms with Crippen molar-refractivity contribution < 1.29 is 28.8 Å². The Morgan fingerprint density at radius 2 is 1.69 bits per heavy atom. The quantitative estimate of drug-likeness (QED) is 0.0843. The van der Waals surface area contributed by atoms with Crippen molar-refractivity contribution in [1.29, 1.82) is 0 Å². The highest BCUT2D eigenvalue weighted by molar-refractivity contribution is 7.17. The van der Waals surface area contributed by atoms with Crippen LogP contribution in [0.5, 0.6) is 0 Å². The Morgan fingerprint density at radius 1 is 0.932 bits per heavy atom. The van der Waals surface area contributed by atoms with Gasteiger partial charge in [0.25, 0.3) is 17.7 Å². The van der Waals surface area contributed by atoms with Gasteiger partial charge in [0.1, 0.15) is 28.4 Å². The Hall–Kier alpha value is -5.94. The van der Waals surface area contributed by atoms with Crippen LogP contribution in [0.25, 0.3) is 0 Å². The molecule has 3 aliphatic heterocycles. The number of aryl methyl sites for hydroxylation is 2. The van der Waals surface area contributed by atoms with E-state index >= 15 is 0 Å². The zero-order valence-electron chi connectivity index (χ0n) is 32.8. The van der Waals surface area contributed by atoms with E-state index in [1.165, 1.54) is 17.5 Å². The van der Waals surface area contributed by atoms with Crippen molar-refractivity contribution in [3.8, 4) is 0 Å². The third kappa shape index (κ3) is 9.52. The molecule has 2 aromatic heterocycles. The summed E-state index contributed by atoms with van der Waals surface area (Å²) in [5.74, 6) is -0.384. The number of carbonyl (C=O) groups is 6. The number of para-hydroxylation sites is 1. The second-order valence-corrected chi connectivity index (χ2v) is 16.1. The highest BCUT2D eigenvalue weighted by Gasteiger charge is 2.45. The molecule has 59 heavy (non-hydrogen) atoms. The van der Waals surface area contributed by atoms with Gasteiger partial charge < -0.3 is 25.8 Å². The maximum absolute atomic E-state index is 13.3. The normalized spacial score (nSPS) is 16.6. The molecule has 5 heterocycles. The largest absolute Gasteiger partial charge is 0.384 e. The fraction of sp³-hybridized carbons (Fsp3) is 0.390. The number of nitrogens with one attached hydrogen (secondary N) is 4. The molecule has 308 valence electrons. The number of imide groups is 2.